The van der Waals surface area contributed by atoms with Gasteiger partial charge < -0.3 is 9.84 Å². The molecule has 3 heteroatoms. The molecule has 1 heterocycles. The number of hydrogen-bond acceptors (Lipinski definition) is 2. The quantitative estimate of drug-likeness (QED) is 0.908. The summed E-state index contributed by atoms with van der Waals surface area (Å²) < 4.78 is 5.55. The molecule has 1 aromatic rings. The first kappa shape index (κ1) is 14.1. The van der Waals surface area contributed by atoms with Crippen molar-refractivity contribution in [2.45, 2.75) is 51.0 Å². The number of benzene rings is 1. The predicted octanol–water partition coefficient (Wildman–Crippen LogP) is 3.33. The molecular formula is C16H22O3. The molecular weight excluding hydrogens is 240 g/mol. The molecule has 2 unspecified atom stereocenters. The van der Waals surface area contributed by atoms with E-state index in [1.54, 1.807) is 0 Å². The number of rotatable bonds is 3. The minimum atomic E-state index is -0.796. The highest BCUT2D eigenvalue weighted by molar-refractivity contribution is 5.77. The number of aliphatic carboxylic acids is 1. The first-order chi connectivity index (χ1) is 8.89. The van der Waals surface area contributed by atoms with Crippen molar-refractivity contribution in [3.8, 4) is 0 Å². The summed E-state index contributed by atoms with van der Waals surface area (Å²) in [6, 6.07) is 7.92. The third-order valence-corrected chi connectivity index (χ3v) is 3.74. The van der Waals surface area contributed by atoms with Gasteiger partial charge in [0.25, 0.3) is 0 Å². The zero-order chi connectivity index (χ0) is 14.0. The van der Waals surface area contributed by atoms with Crippen LogP contribution in [-0.4, -0.2) is 23.8 Å². The Hall–Kier alpha value is -1.35. The molecule has 2 rings (SSSR count). The van der Waals surface area contributed by atoms with Crippen LogP contribution in [0.4, 0.5) is 0 Å². The second kappa shape index (κ2) is 5.33. The summed E-state index contributed by atoms with van der Waals surface area (Å²) in [6.07, 6.45) is 1.60. The van der Waals surface area contributed by atoms with Crippen LogP contribution in [0.15, 0.2) is 24.3 Å². The lowest BCUT2D eigenvalue weighted by Crippen LogP contribution is -2.25. The van der Waals surface area contributed by atoms with Crippen molar-refractivity contribution >= 4 is 5.97 Å². The molecule has 0 amide bonds. The molecule has 19 heavy (non-hydrogen) atoms. The Kier molecular flexibility index (Phi) is 3.95. The molecule has 1 aliphatic rings. The fraction of sp³-hybridized carbons (Fsp3) is 0.562. The Bertz CT molecular complexity index is 436. The SMILES string of the molecule is CC(C)(C)c1ccc(C(C(=O)O)C2CCCO2)cc1. The highest BCUT2D eigenvalue weighted by atomic mass is 16.5. The summed E-state index contributed by atoms with van der Waals surface area (Å²) in [6.45, 7) is 7.12. The molecule has 3 nitrogen and oxygen atoms in total. The summed E-state index contributed by atoms with van der Waals surface area (Å²) in [7, 11) is 0. The van der Waals surface area contributed by atoms with Gasteiger partial charge in [-0.25, -0.2) is 0 Å². The zero-order valence-electron chi connectivity index (χ0n) is 11.8. The molecule has 0 saturated carbocycles. The van der Waals surface area contributed by atoms with E-state index >= 15 is 0 Å². The van der Waals surface area contributed by atoms with Crippen molar-refractivity contribution in [1.82, 2.24) is 0 Å². The Labute approximate surface area is 114 Å². The third kappa shape index (κ3) is 3.16. The molecule has 1 saturated heterocycles. The molecule has 0 aliphatic carbocycles. The van der Waals surface area contributed by atoms with Gasteiger partial charge in [0.1, 0.15) is 5.92 Å². The van der Waals surface area contributed by atoms with Gasteiger partial charge in [-0.1, -0.05) is 45.0 Å². The summed E-state index contributed by atoms with van der Waals surface area (Å²) in [5.74, 6) is -1.34. The summed E-state index contributed by atoms with van der Waals surface area (Å²) in [4.78, 5) is 11.5. The first-order valence-electron chi connectivity index (χ1n) is 6.84. The lowest BCUT2D eigenvalue weighted by Gasteiger charge is -2.22. The minimum Gasteiger partial charge on any atom is -0.481 e. The van der Waals surface area contributed by atoms with Crippen molar-refractivity contribution < 1.29 is 14.6 Å². The van der Waals surface area contributed by atoms with Crippen molar-refractivity contribution in [1.29, 1.82) is 0 Å². The number of hydrogen-bond donors (Lipinski definition) is 1. The largest absolute Gasteiger partial charge is 0.481 e. The van der Waals surface area contributed by atoms with E-state index in [0.717, 1.165) is 18.4 Å². The molecule has 1 fully saturated rings. The standard InChI is InChI=1S/C16H22O3/c1-16(2,3)12-8-6-11(7-9-12)14(15(17)18)13-5-4-10-19-13/h6-9,13-14H,4-5,10H2,1-3H3,(H,17,18). The van der Waals surface area contributed by atoms with E-state index in [1.165, 1.54) is 5.56 Å². The number of carboxylic acids is 1. The van der Waals surface area contributed by atoms with E-state index in [0.29, 0.717) is 6.61 Å². The van der Waals surface area contributed by atoms with Crippen LogP contribution >= 0.6 is 0 Å². The van der Waals surface area contributed by atoms with Gasteiger partial charge in [0.05, 0.1) is 6.10 Å². The number of carbonyl (C=O) groups is 1. The smallest absolute Gasteiger partial charge is 0.313 e. The maximum atomic E-state index is 11.5. The first-order valence-corrected chi connectivity index (χ1v) is 6.84. The van der Waals surface area contributed by atoms with Crippen molar-refractivity contribution in [2.75, 3.05) is 6.61 Å². The van der Waals surface area contributed by atoms with Crippen LogP contribution in [0.5, 0.6) is 0 Å². The third-order valence-electron chi connectivity index (χ3n) is 3.74. The average Bonchev–Trinajstić information content (AvgIpc) is 2.82. The topological polar surface area (TPSA) is 46.5 Å². The Morgan fingerprint density at radius 3 is 2.37 bits per heavy atom. The van der Waals surface area contributed by atoms with Gasteiger partial charge in [-0.3, -0.25) is 4.79 Å². The van der Waals surface area contributed by atoms with Crippen molar-refractivity contribution in [3.63, 3.8) is 0 Å². The molecule has 0 radical (unpaired) electrons. The van der Waals surface area contributed by atoms with Crippen LogP contribution in [-0.2, 0) is 14.9 Å². The maximum Gasteiger partial charge on any atom is 0.313 e. The second-order valence-corrected chi connectivity index (χ2v) is 6.24. The molecule has 2 atom stereocenters. The molecule has 104 valence electrons. The molecule has 0 spiro atoms. The van der Waals surface area contributed by atoms with Gasteiger partial charge in [0.15, 0.2) is 0 Å². The average molecular weight is 262 g/mol. The molecule has 1 aromatic carbocycles. The van der Waals surface area contributed by atoms with Gasteiger partial charge in [-0.15, -0.1) is 0 Å². The fourth-order valence-corrected chi connectivity index (χ4v) is 2.57. The van der Waals surface area contributed by atoms with E-state index < -0.39 is 11.9 Å². The van der Waals surface area contributed by atoms with E-state index in [-0.39, 0.29) is 11.5 Å². The van der Waals surface area contributed by atoms with Crippen LogP contribution in [0.1, 0.15) is 50.7 Å². The van der Waals surface area contributed by atoms with E-state index in [2.05, 4.69) is 20.8 Å². The van der Waals surface area contributed by atoms with Crippen molar-refractivity contribution in [3.05, 3.63) is 35.4 Å². The van der Waals surface area contributed by atoms with Crippen LogP contribution in [0.2, 0.25) is 0 Å². The molecule has 1 aliphatic heterocycles. The van der Waals surface area contributed by atoms with Gasteiger partial charge in [0.2, 0.25) is 0 Å². The van der Waals surface area contributed by atoms with Gasteiger partial charge >= 0.3 is 5.97 Å². The minimum absolute atomic E-state index is 0.0844. The highest BCUT2D eigenvalue weighted by Crippen LogP contribution is 2.31. The number of ether oxygens (including phenoxy) is 1. The van der Waals surface area contributed by atoms with Gasteiger partial charge in [0, 0.05) is 6.61 Å². The summed E-state index contributed by atoms with van der Waals surface area (Å²) in [5.41, 5.74) is 2.14. The zero-order valence-corrected chi connectivity index (χ0v) is 11.8. The molecule has 0 bridgehead atoms. The van der Waals surface area contributed by atoms with E-state index in [9.17, 15) is 9.90 Å². The number of carboxylic acid groups (broad SMARTS) is 1. The lowest BCUT2D eigenvalue weighted by atomic mass is 9.84. The molecule has 1 N–H and O–H groups in total. The highest BCUT2D eigenvalue weighted by Gasteiger charge is 2.33. The van der Waals surface area contributed by atoms with E-state index in [1.807, 2.05) is 24.3 Å². The summed E-state index contributed by atoms with van der Waals surface area (Å²) in [5, 5.41) is 9.44. The predicted molar refractivity (Wildman–Crippen MR) is 74.5 cm³/mol. The van der Waals surface area contributed by atoms with Crippen LogP contribution < -0.4 is 0 Å². The normalized spacial score (nSPS) is 21.3. The Morgan fingerprint density at radius 2 is 1.95 bits per heavy atom. The van der Waals surface area contributed by atoms with Gasteiger partial charge in [-0.05, 0) is 29.4 Å². The van der Waals surface area contributed by atoms with E-state index in [4.69, 9.17) is 4.74 Å². The lowest BCUT2D eigenvalue weighted by molar-refractivity contribution is -0.141. The van der Waals surface area contributed by atoms with Crippen molar-refractivity contribution in [2.24, 2.45) is 0 Å². The van der Waals surface area contributed by atoms with Gasteiger partial charge in [-0.2, -0.15) is 0 Å². The monoisotopic (exact) mass is 262 g/mol. The van der Waals surface area contributed by atoms with Crippen LogP contribution in [0.3, 0.4) is 0 Å². The Morgan fingerprint density at radius 1 is 1.32 bits per heavy atom. The molecule has 0 aromatic heterocycles. The maximum absolute atomic E-state index is 11.5. The summed E-state index contributed by atoms with van der Waals surface area (Å²) >= 11 is 0. The Balaban J connectivity index is 2.25. The van der Waals surface area contributed by atoms with Crippen LogP contribution in [0, 0.1) is 0 Å². The van der Waals surface area contributed by atoms with Crippen LogP contribution in [0.25, 0.3) is 0 Å². The second-order valence-electron chi connectivity index (χ2n) is 6.24. The fourth-order valence-electron chi connectivity index (χ4n) is 2.57.